The number of hydrogen-bond acceptors (Lipinski definition) is 5. The Balaban J connectivity index is 1.35. The fourth-order valence-electron chi connectivity index (χ4n) is 5.10. The van der Waals surface area contributed by atoms with E-state index in [1.807, 2.05) is 4.90 Å². The van der Waals surface area contributed by atoms with Gasteiger partial charge in [0.1, 0.15) is 0 Å². The number of amides is 1. The first kappa shape index (κ1) is 22.5. The lowest BCUT2D eigenvalue weighted by Crippen LogP contribution is -2.48. The minimum absolute atomic E-state index is 0.0283. The van der Waals surface area contributed by atoms with Crippen molar-refractivity contribution in [3.63, 3.8) is 0 Å². The number of carbonyl (C=O) groups excluding carboxylic acids is 1. The molecule has 32 heavy (non-hydrogen) atoms. The van der Waals surface area contributed by atoms with Crippen molar-refractivity contribution in [3.8, 4) is 17.2 Å². The average molecular weight is 439 g/mol. The Hall–Kier alpha value is -2.73. The maximum Gasteiger partial charge on any atom is 0.254 e. The van der Waals surface area contributed by atoms with Crippen LogP contribution < -0.4 is 14.2 Å². The number of nitrogens with zero attached hydrogens (tertiary/aromatic N) is 2. The van der Waals surface area contributed by atoms with Crippen LogP contribution in [0.15, 0.2) is 42.5 Å². The van der Waals surface area contributed by atoms with E-state index in [0.717, 1.165) is 45.6 Å². The van der Waals surface area contributed by atoms with Gasteiger partial charge in [-0.05, 0) is 61.9 Å². The van der Waals surface area contributed by atoms with Crippen LogP contribution in [-0.2, 0) is 6.54 Å². The zero-order chi connectivity index (χ0) is 22.6. The summed E-state index contributed by atoms with van der Waals surface area (Å²) in [5.74, 6) is 1.55. The summed E-state index contributed by atoms with van der Waals surface area (Å²) in [7, 11) is 4.71. The molecule has 0 saturated carbocycles. The van der Waals surface area contributed by atoms with E-state index in [0.29, 0.717) is 28.2 Å². The standard InChI is InChI=1S/C26H34N2O4/c1-30-22-17-21(18-23(31-2)24(22)32-3)25(29)28-15-11-26(12-16-28)9-13-27(14-10-26)19-20-7-5-4-6-8-20/h4-8,17-18H,9-16,19H2,1-3H3. The minimum Gasteiger partial charge on any atom is -0.493 e. The molecule has 1 spiro atoms. The fourth-order valence-corrected chi connectivity index (χ4v) is 5.10. The molecular formula is C26H34N2O4. The van der Waals surface area contributed by atoms with Crippen molar-refractivity contribution in [1.82, 2.24) is 9.80 Å². The molecule has 2 aliphatic heterocycles. The Morgan fingerprint density at radius 1 is 0.844 bits per heavy atom. The van der Waals surface area contributed by atoms with Crippen LogP contribution in [0.3, 0.4) is 0 Å². The largest absolute Gasteiger partial charge is 0.493 e. The van der Waals surface area contributed by atoms with Crippen molar-refractivity contribution in [2.75, 3.05) is 47.5 Å². The van der Waals surface area contributed by atoms with E-state index < -0.39 is 0 Å². The van der Waals surface area contributed by atoms with E-state index in [9.17, 15) is 4.79 Å². The normalized spacial score (nSPS) is 18.4. The average Bonchev–Trinajstić information content (AvgIpc) is 2.85. The number of piperidine rings is 2. The number of carbonyl (C=O) groups is 1. The molecule has 2 aliphatic rings. The molecule has 172 valence electrons. The van der Waals surface area contributed by atoms with Gasteiger partial charge in [-0.15, -0.1) is 0 Å². The van der Waals surface area contributed by atoms with Crippen LogP contribution >= 0.6 is 0 Å². The van der Waals surface area contributed by atoms with E-state index in [-0.39, 0.29) is 5.91 Å². The molecule has 6 heteroatoms. The number of rotatable bonds is 6. The first-order valence-corrected chi connectivity index (χ1v) is 11.4. The highest BCUT2D eigenvalue weighted by Crippen LogP contribution is 2.43. The first-order chi connectivity index (χ1) is 15.6. The first-order valence-electron chi connectivity index (χ1n) is 11.4. The van der Waals surface area contributed by atoms with Gasteiger partial charge in [-0.3, -0.25) is 9.69 Å². The third-order valence-electron chi connectivity index (χ3n) is 7.19. The quantitative estimate of drug-likeness (QED) is 0.676. The van der Waals surface area contributed by atoms with Crippen molar-refractivity contribution in [2.45, 2.75) is 32.2 Å². The third-order valence-corrected chi connectivity index (χ3v) is 7.19. The van der Waals surface area contributed by atoms with Gasteiger partial charge >= 0.3 is 0 Å². The van der Waals surface area contributed by atoms with Gasteiger partial charge in [-0.25, -0.2) is 0 Å². The third kappa shape index (κ3) is 4.70. The molecule has 0 bridgehead atoms. The van der Waals surface area contributed by atoms with E-state index in [1.54, 1.807) is 33.5 Å². The summed E-state index contributed by atoms with van der Waals surface area (Å²) in [5.41, 5.74) is 2.33. The molecule has 0 aliphatic carbocycles. The minimum atomic E-state index is 0.0283. The second-order valence-corrected chi connectivity index (χ2v) is 8.97. The Morgan fingerprint density at radius 2 is 1.41 bits per heavy atom. The highest BCUT2D eigenvalue weighted by atomic mass is 16.5. The fraction of sp³-hybridized carbons (Fsp3) is 0.500. The van der Waals surface area contributed by atoms with E-state index in [2.05, 4.69) is 35.2 Å². The van der Waals surface area contributed by atoms with Crippen LogP contribution in [-0.4, -0.2) is 63.2 Å². The van der Waals surface area contributed by atoms with E-state index >= 15 is 0 Å². The highest BCUT2D eigenvalue weighted by Gasteiger charge is 2.38. The number of hydrogen-bond donors (Lipinski definition) is 0. The van der Waals surface area contributed by atoms with Crippen LogP contribution in [0.4, 0.5) is 0 Å². The molecule has 2 fully saturated rings. The molecule has 6 nitrogen and oxygen atoms in total. The maximum atomic E-state index is 13.2. The highest BCUT2D eigenvalue weighted by molar-refractivity contribution is 5.95. The number of ether oxygens (including phenoxy) is 3. The smallest absolute Gasteiger partial charge is 0.254 e. The molecule has 2 aromatic rings. The topological polar surface area (TPSA) is 51.2 Å². The molecule has 2 saturated heterocycles. The van der Waals surface area contributed by atoms with E-state index in [1.165, 1.54) is 18.4 Å². The Kier molecular flexibility index (Phi) is 6.89. The number of benzene rings is 2. The molecule has 0 unspecified atom stereocenters. The monoisotopic (exact) mass is 438 g/mol. The Bertz CT molecular complexity index is 888. The van der Waals surface area contributed by atoms with Crippen molar-refractivity contribution in [3.05, 3.63) is 53.6 Å². The molecule has 2 aromatic carbocycles. The van der Waals surface area contributed by atoms with Crippen LogP contribution in [0.1, 0.15) is 41.6 Å². The van der Waals surface area contributed by atoms with Crippen LogP contribution in [0.25, 0.3) is 0 Å². The van der Waals surface area contributed by atoms with Gasteiger partial charge in [0.05, 0.1) is 21.3 Å². The molecule has 0 aromatic heterocycles. The van der Waals surface area contributed by atoms with Gasteiger partial charge in [0.15, 0.2) is 11.5 Å². The number of methoxy groups -OCH3 is 3. The zero-order valence-corrected chi connectivity index (χ0v) is 19.4. The lowest BCUT2D eigenvalue weighted by Gasteiger charge is -2.47. The summed E-state index contributed by atoms with van der Waals surface area (Å²) < 4.78 is 16.2. The second-order valence-electron chi connectivity index (χ2n) is 8.97. The molecule has 0 N–H and O–H groups in total. The van der Waals surface area contributed by atoms with Crippen LogP contribution in [0.5, 0.6) is 17.2 Å². The molecule has 0 atom stereocenters. The predicted molar refractivity (Wildman–Crippen MR) is 125 cm³/mol. The van der Waals surface area contributed by atoms with Crippen molar-refractivity contribution in [2.24, 2.45) is 5.41 Å². The lowest BCUT2D eigenvalue weighted by molar-refractivity contribution is 0.0285. The molecular weight excluding hydrogens is 404 g/mol. The van der Waals surface area contributed by atoms with Crippen molar-refractivity contribution >= 4 is 5.91 Å². The molecule has 1 amide bonds. The van der Waals surface area contributed by atoms with Gasteiger partial charge in [0.2, 0.25) is 5.75 Å². The van der Waals surface area contributed by atoms with Gasteiger partial charge in [0, 0.05) is 25.2 Å². The zero-order valence-electron chi connectivity index (χ0n) is 19.4. The summed E-state index contributed by atoms with van der Waals surface area (Å²) in [4.78, 5) is 17.8. The summed E-state index contributed by atoms with van der Waals surface area (Å²) >= 11 is 0. The molecule has 2 heterocycles. The van der Waals surface area contributed by atoms with Crippen LogP contribution in [0.2, 0.25) is 0 Å². The number of likely N-dealkylation sites (tertiary alicyclic amines) is 2. The lowest BCUT2D eigenvalue weighted by atomic mass is 9.71. The Morgan fingerprint density at radius 3 is 1.94 bits per heavy atom. The summed E-state index contributed by atoms with van der Waals surface area (Å²) in [6.07, 6.45) is 4.57. The predicted octanol–water partition coefficient (Wildman–Crippen LogP) is 4.23. The molecule has 0 radical (unpaired) electrons. The van der Waals surface area contributed by atoms with Gasteiger partial charge in [-0.2, -0.15) is 0 Å². The summed E-state index contributed by atoms with van der Waals surface area (Å²) in [5, 5.41) is 0. The summed E-state index contributed by atoms with van der Waals surface area (Å²) in [6, 6.07) is 14.2. The molecule has 4 rings (SSSR count). The maximum absolute atomic E-state index is 13.2. The second kappa shape index (κ2) is 9.82. The van der Waals surface area contributed by atoms with Crippen LogP contribution in [0, 0.1) is 5.41 Å². The van der Waals surface area contributed by atoms with Crippen molar-refractivity contribution in [1.29, 1.82) is 0 Å². The Labute approximate surface area is 191 Å². The SMILES string of the molecule is COc1cc(C(=O)N2CCC3(CCN(Cc4ccccc4)CC3)CC2)cc(OC)c1OC. The summed E-state index contributed by atoms with van der Waals surface area (Å²) in [6.45, 7) is 4.90. The van der Waals surface area contributed by atoms with Crippen molar-refractivity contribution < 1.29 is 19.0 Å². The van der Waals surface area contributed by atoms with Gasteiger partial charge in [-0.1, -0.05) is 30.3 Å². The van der Waals surface area contributed by atoms with Gasteiger partial charge < -0.3 is 19.1 Å². The van der Waals surface area contributed by atoms with Gasteiger partial charge in [0.25, 0.3) is 5.91 Å². The van der Waals surface area contributed by atoms with E-state index in [4.69, 9.17) is 14.2 Å².